The molecule has 0 saturated heterocycles. The number of benzene rings is 1. The SMILES string of the molecule is Cc1nn(C)cc1NS(=O)(=O)c1cccc(C#CCN)c1. The second-order valence-electron chi connectivity index (χ2n) is 4.44. The van der Waals surface area contributed by atoms with Crippen LogP contribution in [-0.4, -0.2) is 24.7 Å². The summed E-state index contributed by atoms with van der Waals surface area (Å²) in [6.07, 6.45) is 1.62. The van der Waals surface area contributed by atoms with Gasteiger partial charge in [0.05, 0.1) is 22.8 Å². The van der Waals surface area contributed by atoms with Crippen molar-refractivity contribution in [2.24, 2.45) is 12.8 Å². The van der Waals surface area contributed by atoms with E-state index in [9.17, 15) is 8.42 Å². The highest BCUT2D eigenvalue weighted by Crippen LogP contribution is 2.19. The maximum atomic E-state index is 12.4. The van der Waals surface area contributed by atoms with E-state index >= 15 is 0 Å². The molecule has 0 bridgehead atoms. The number of hydrogen-bond donors (Lipinski definition) is 2. The Morgan fingerprint density at radius 3 is 2.81 bits per heavy atom. The maximum absolute atomic E-state index is 12.4. The average Bonchev–Trinajstić information content (AvgIpc) is 2.74. The molecule has 0 aliphatic rings. The van der Waals surface area contributed by atoms with Gasteiger partial charge in [0.15, 0.2) is 0 Å². The van der Waals surface area contributed by atoms with Crippen molar-refractivity contribution in [3.8, 4) is 11.8 Å². The predicted octanol–water partition coefficient (Wildman–Crippen LogP) is 0.840. The third-order valence-corrected chi connectivity index (χ3v) is 4.10. The van der Waals surface area contributed by atoms with E-state index in [1.165, 1.54) is 12.1 Å². The van der Waals surface area contributed by atoms with Gasteiger partial charge in [-0.3, -0.25) is 9.40 Å². The van der Waals surface area contributed by atoms with Crippen LogP contribution >= 0.6 is 0 Å². The van der Waals surface area contributed by atoms with Gasteiger partial charge in [-0.2, -0.15) is 5.10 Å². The smallest absolute Gasteiger partial charge is 0.262 e. The molecule has 7 heteroatoms. The number of nitrogens with one attached hydrogen (secondary N) is 1. The summed E-state index contributed by atoms with van der Waals surface area (Å²) < 4.78 is 28.8. The summed E-state index contributed by atoms with van der Waals surface area (Å²) >= 11 is 0. The van der Waals surface area contributed by atoms with Crippen LogP contribution in [0.4, 0.5) is 5.69 Å². The molecule has 21 heavy (non-hydrogen) atoms. The summed E-state index contributed by atoms with van der Waals surface area (Å²) in [6, 6.07) is 6.40. The zero-order valence-electron chi connectivity index (χ0n) is 11.8. The predicted molar refractivity (Wildman–Crippen MR) is 81.1 cm³/mol. The Kier molecular flexibility index (Phi) is 4.31. The number of hydrogen-bond acceptors (Lipinski definition) is 4. The first kappa shape index (κ1) is 15.1. The van der Waals surface area contributed by atoms with Gasteiger partial charge in [0.25, 0.3) is 10.0 Å². The summed E-state index contributed by atoms with van der Waals surface area (Å²) in [4.78, 5) is 0.148. The van der Waals surface area contributed by atoms with Crippen molar-refractivity contribution in [2.75, 3.05) is 11.3 Å². The molecule has 110 valence electrons. The molecule has 2 aromatic rings. The molecule has 6 nitrogen and oxygen atoms in total. The Labute approximate surface area is 124 Å². The number of sulfonamides is 1. The molecule has 1 aromatic carbocycles. The van der Waals surface area contributed by atoms with Crippen LogP contribution in [0.2, 0.25) is 0 Å². The monoisotopic (exact) mass is 304 g/mol. The molecule has 0 amide bonds. The number of anilines is 1. The van der Waals surface area contributed by atoms with E-state index in [0.717, 1.165) is 0 Å². The lowest BCUT2D eigenvalue weighted by Gasteiger charge is -2.07. The van der Waals surface area contributed by atoms with Crippen molar-refractivity contribution in [1.82, 2.24) is 9.78 Å². The first-order valence-electron chi connectivity index (χ1n) is 6.24. The van der Waals surface area contributed by atoms with E-state index in [0.29, 0.717) is 16.9 Å². The minimum Gasteiger partial charge on any atom is -0.320 e. The van der Waals surface area contributed by atoms with Gasteiger partial charge in [-0.05, 0) is 25.1 Å². The molecule has 0 aliphatic heterocycles. The van der Waals surface area contributed by atoms with Crippen LogP contribution in [0.15, 0.2) is 35.4 Å². The van der Waals surface area contributed by atoms with Crippen LogP contribution in [0.5, 0.6) is 0 Å². The molecule has 1 heterocycles. The highest BCUT2D eigenvalue weighted by molar-refractivity contribution is 7.92. The van der Waals surface area contributed by atoms with E-state index in [4.69, 9.17) is 5.73 Å². The second kappa shape index (κ2) is 5.99. The van der Waals surface area contributed by atoms with E-state index < -0.39 is 10.0 Å². The fourth-order valence-electron chi connectivity index (χ4n) is 1.80. The Hall–Kier alpha value is -2.30. The lowest BCUT2D eigenvalue weighted by molar-refractivity contribution is 0.601. The van der Waals surface area contributed by atoms with Gasteiger partial charge in [0.1, 0.15) is 0 Å². The van der Waals surface area contributed by atoms with Crippen LogP contribution in [0, 0.1) is 18.8 Å². The molecular weight excluding hydrogens is 288 g/mol. The summed E-state index contributed by atoms with van der Waals surface area (Å²) in [5.74, 6) is 5.51. The van der Waals surface area contributed by atoms with E-state index in [-0.39, 0.29) is 11.4 Å². The minimum atomic E-state index is -3.67. The van der Waals surface area contributed by atoms with E-state index in [1.54, 1.807) is 37.0 Å². The van der Waals surface area contributed by atoms with Gasteiger partial charge >= 0.3 is 0 Å². The van der Waals surface area contributed by atoms with Gasteiger partial charge in [0, 0.05) is 18.8 Å². The Morgan fingerprint density at radius 1 is 1.43 bits per heavy atom. The normalized spacial score (nSPS) is 10.8. The van der Waals surface area contributed by atoms with Crippen LogP contribution in [-0.2, 0) is 17.1 Å². The van der Waals surface area contributed by atoms with E-state index in [2.05, 4.69) is 21.7 Å². The number of rotatable bonds is 3. The van der Waals surface area contributed by atoms with Gasteiger partial charge in [-0.15, -0.1) is 0 Å². The Balaban J connectivity index is 2.33. The van der Waals surface area contributed by atoms with Crippen LogP contribution in [0.3, 0.4) is 0 Å². The highest BCUT2D eigenvalue weighted by Gasteiger charge is 2.16. The van der Waals surface area contributed by atoms with Gasteiger partial charge in [-0.1, -0.05) is 17.9 Å². The van der Waals surface area contributed by atoms with Gasteiger partial charge in [-0.25, -0.2) is 8.42 Å². The van der Waals surface area contributed by atoms with Crippen LogP contribution in [0.1, 0.15) is 11.3 Å². The average molecular weight is 304 g/mol. The minimum absolute atomic E-state index is 0.148. The lowest BCUT2D eigenvalue weighted by Crippen LogP contribution is -2.13. The van der Waals surface area contributed by atoms with Gasteiger partial charge < -0.3 is 5.73 Å². The third-order valence-electron chi connectivity index (χ3n) is 2.74. The Bertz CT molecular complexity index is 813. The Morgan fingerprint density at radius 2 is 2.19 bits per heavy atom. The van der Waals surface area contributed by atoms with Crippen molar-refractivity contribution in [3.05, 3.63) is 41.7 Å². The summed E-state index contributed by atoms with van der Waals surface area (Å²) in [5.41, 5.74) is 6.98. The molecule has 2 rings (SSSR count). The number of aromatic nitrogens is 2. The molecule has 0 atom stereocenters. The molecule has 0 unspecified atom stereocenters. The van der Waals surface area contributed by atoms with Crippen molar-refractivity contribution < 1.29 is 8.42 Å². The fraction of sp³-hybridized carbons (Fsp3) is 0.214. The third kappa shape index (κ3) is 3.62. The van der Waals surface area contributed by atoms with Crippen LogP contribution < -0.4 is 10.5 Å². The maximum Gasteiger partial charge on any atom is 0.262 e. The molecule has 0 saturated carbocycles. The standard InChI is InChI=1S/C14H16N4O2S/c1-11-14(10-18(2)16-11)17-21(19,20)13-7-3-5-12(9-13)6-4-8-15/h3,5,7,9-10,17H,8,15H2,1-2H3. The highest BCUT2D eigenvalue weighted by atomic mass is 32.2. The zero-order chi connectivity index (χ0) is 15.5. The number of aryl methyl sites for hydroxylation is 2. The second-order valence-corrected chi connectivity index (χ2v) is 6.12. The largest absolute Gasteiger partial charge is 0.320 e. The zero-order valence-corrected chi connectivity index (χ0v) is 12.6. The topological polar surface area (TPSA) is 90.0 Å². The number of nitrogens with two attached hydrogens (primary N) is 1. The summed E-state index contributed by atoms with van der Waals surface area (Å²) in [5, 5.41) is 4.10. The van der Waals surface area contributed by atoms with Crippen molar-refractivity contribution >= 4 is 15.7 Å². The van der Waals surface area contributed by atoms with E-state index in [1.807, 2.05) is 0 Å². The molecule has 3 N–H and O–H groups in total. The summed E-state index contributed by atoms with van der Waals surface area (Å²) in [7, 11) is -1.94. The molecule has 0 spiro atoms. The number of nitrogens with zero attached hydrogens (tertiary/aromatic N) is 2. The van der Waals surface area contributed by atoms with Crippen molar-refractivity contribution in [2.45, 2.75) is 11.8 Å². The van der Waals surface area contributed by atoms with Crippen LogP contribution in [0.25, 0.3) is 0 Å². The first-order chi connectivity index (χ1) is 9.92. The molecular formula is C14H16N4O2S. The first-order valence-corrected chi connectivity index (χ1v) is 7.73. The lowest BCUT2D eigenvalue weighted by atomic mass is 10.2. The molecule has 0 fully saturated rings. The van der Waals surface area contributed by atoms with Crippen molar-refractivity contribution in [3.63, 3.8) is 0 Å². The quantitative estimate of drug-likeness (QED) is 0.822. The fourth-order valence-corrected chi connectivity index (χ4v) is 2.95. The van der Waals surface area contributed by atoms with Crippen molar-refractivity contribution in [1.29, 1.82) is 0 Å². The molecule has 1 aromatic heterocycles. The molecule has 0 radical (unpaired) electrons. The molecule has 0 aliphatic carbocycles. The summed E-state index contributed by atoms with van der Waals surface area (Å²) in [6.45, 7) is 1.96. The van der Waals surface area contributed by atoms with Gasteiger partial charge in [0.2, 0.25) is 0 Å².